The standard InChI is InChI=1S/C15H25N2O2/c1-3-17(2)11-7-10-16-12-14(18)13-19-15-8-5-4-6-9-15/h4-6,8-9,14,16,18H,1,3,7,10-13H2,2H3. The van der Waals surface area contributed by atoms with Gasteiger partial charge in [0, 0.05) is 6.54 Å². The number of rotatable bonds is 10. The van der Waals surface area contributed by atoms with E-state index in [0.717, 1.165) is 31.8 Å². The summed E-state index contributed by atoms with van der Waals surface area (Å²) in [5, 5.41) is 13.0. The number of para-hydroxylation sites is 1. The van der Waals surface area contributed by atoms with Crippen LogP contribution in [0.1, 0.15) is 6.42 Å². The highest BCUT2D eigenvalue weighted by Gasteiger charge is 2.04. The maximum atomic E-state index is 9.76. The second-order valence-electron chi connectivity index (χ2n) is 4.64. The highest BCUT2D eigenvalue weighted by atomic mass is 16.5. The van der Waals surface area contributed by atoms with Gasteiger partial charge in [-0.15, -0.1) is 0 Å². The number of benzene rings is 1. The molecule has 0 bridgehead atoms. The van der Waals surface area contributed by atoms with Gasteiger partial charge < -0.3 is 20.1 Å². The lowest BCUT2D eigenvalue weighted by molar-refractivity contribution is 0.106. The van der Waals surface area contributed by atoms with Crippen LogP contribution in [0.5, 0.6) is 5.75 Å². The number of nitrogens with one attached hydrogen (secondary N) is 1. The van der Waals surface area contributed by atoms with E-state index in [-0.39, 0.29) is 0 Å². The number of ether oxygens (including phenoxy) is 1. The Labute approximate surface area is 116 Å². The number of hydrogen-bond acceptors (Lipinski definition) is 4. The third-order valence-corrected chi connectivity index (χ3v) is 2.84. The van der Waals surface area contributed by atoms with Gasteiger partial charge in [-0.3, -0.25) is 0 Å². The summed E-state index contributed by atoms with van der Waals surface area (Å²) in [7, 11) is 2.05. The highest BCUT2D eigenvalue weighted by Crippen LogP contribution is 2.08. The average Bonchev–Trinajstić information content (AvgIpc) is 2.45. The molecule has 4 heteroatoms. The smallest absolute Gasteiger partial charge is 0.119 e. The molecule has 107 valence electrons. The number of aliphatic hydroxyl groups excluding tert-OH is 1. The first-order valence-corrected chi connectivity index (χ1v) is 6.76. The molecule has 1 unspecified atom stereocenters. The van der Waals surface area contributed by atoms with Crippen LogP contribution in [0.4, 0.5) is 0 Å². The zero-order chi connectivity index (χ0) is 13.9. The van der Waals surface area contributed by atoms with Crippen LogP contribution in [-0.2, 0) is 0 Å². The third kappa shape index (κ3) is 7.82. The summed E-state index contributed by atoms with van der Waals surface area (Å²) >= 11 is 0. The van der Waals surface area contributed by atoms with Crippen molar-refractivity contribution >= 4 is 0 Å². The Hall–Kier alpha value is -1.10. The van der Waals surface area contributed by atoms with E-state index in [1.54, 1.807) is 0 Å². The van der Waals surface area contributed by atoms with E-state index >= 15 is 0 Å². The first-order chi connectivity index (χ1) is 9.22. The van der Waals surface area contributed by atoms with Crippen LogP contribution in [0.3, 0.4) is 0 Å². The largest absolute Gasteiger partial charge is 0.491 e. The van der Waals surface area contributed by atoms with Gasteiger partial charge in [-0.1, -0.05) is 18.2 Å². The molecule has 0 aliphatic rings. The molecule has 1 radical (unpaired) electrons. The maximum Gasteiger partial charge on any atom is 0.119 e. The van der Waals surface area contributed by atoms with Crippen molar-refractivity contribution in [2.75, 3.05) is 39.8 Å². The summed E-state index contributed by atoms with van der Waals surface area (Å²) in [4.78, 5) is 2.16. The van der Waals surface area contributed by atoms with Gasteiger partial charge in [-0.2, -0.15) is 0 Å². The monoisotopic (exact) mass is 265 g/mol. The summed E-state index contributed by atoms with van der Waals surface area (Å²) in [6.45, 7) is 7.43. The summed E-state index contributed by atoms with van der Waals surface area (Å²) in [6, 6.07) is 9.54. The van der Waals surface area contributed by atoms with E-state index in [1.807, 2.05) is 30.3 Å². The molecule has 0 fully saturated rings. The van der Waals surface area contributed by atoms with Crippen molar-refractivity contribution in [1.29, 1.82) is 0 Å². The van der Waals surface area contributed by atoms with Crippen LogP contribution in [0, 0.1) is 6.92 Å². The lowest BCUT2D eigenvalue weighted by Crippen LogP contribution is -2.33. The molecule has 0 aromatic heterocycles. The Bertz CT molecular complexity index is 319. The molecule has 0 saturated carbocycles. The fourth-order valence-corrected chi connectivity index (χ4v) is 1.62. The van der Waals surface area contributed by atoms with Crippen LogP contribution in [0.25, 0.3) is 0 Å². The Kier molecular flexibility index (Phi) is 8.21. The van der Waals surface area contributed by atoms with Gasteiger partial charge in [0.25, 0.3) is 0 Å². The van der Waals surface area contributed by atoms with E-state index in [1.165, 1.54) is 0 Å². The van der Waals surface area contributed by atoms with Crippen LogP contribution in [-0.4, -0.2) is 55.9 Å². The molecule has 19 heavy (non-hydrogen) atoms. The highest BCUT2D eigenvalue weighted by molar-refractivity contribution is 5.20. The summed E-state index contributed by atoms with van der Waals surface area (Å²) in [6.07, 6.45) is 0.573. The van der Waals surface area contributed by atoms with Gasteiger partial charge in [0.2, 0.25) is 0 Å². The SMILES string of the molecule is [CH2]CN(C)CCCNCC(O)COc1ccccc1. The second kappa shape index (κ2) is 9.78. The maximum absolute atomic E-state index is 9.76. The van der Waals surface area contributed by atoms with E-state index in [4.69, 9.17) is 4.74 Å². The van der Waals surface area contributed by atoms with Gasteiger partial charge in [0.05, 0.1) is 0 Å². The molecule has 1 aromatic carbocycles. The molecular formula is C15H25N2O2. The van der Waals surface area contributed by atoms with Gasteiger partial charge in [-0.05, 0) is 52.2 Å². The molecule has 2 N–H and O–H groups in total. The van der Waals surface area contributed by atoms with Crippen LogP contribution in [0.15, 0.2) is 30.3 Å². The molecule has 4 nitrogen and oxygen atoms in total. The van der Waals surface area contributed by atoms with Crippen LogP contribution < -0.4 is 10.1 Å². The third-order valence-electron chi connectivity index (χ3n) is 2.84. The lowest BCUT2D eigenvalue weighted by atomic mass is 10.3. The normalized spacial score (nSPS) is 12.6. The van der Waals surface area contributed by atoms with Crippen molar-refractivity contribution < 1.29 is 9.84 Å². The van der Waals surface area contributed by atoms with Crippen LogP contribution in [0.2, 0.25) is 0 Å². The quantitative estimate of drug-likeness (QED) is 0.623. The first kappa shape index (κ1) is 16.0. The first-order valence-electron chi connectivity index (χ1n) is 6.76. The minimum atomic E-state index is -0.481. The van der Waals surface area contributed by atoms with Gasteiger partial charge in [-0.25, -0.2) is 0 Å². The molecule has 0 saturated heterocycles. The molecule has 0 heterocycles. The van der Waals surface area contributed by atoms with E-state index in [0.29, 0.717) is 13.2 Å². The summed E-state index contributed by atoms with van der Waals surface area (Å²) in [5.74, 6) is 0.790. The fraction of sp³-hybridized carbons (Fsp3) is 0.533. The topological polar surface area (TPSA) is 44.7 Å². The molecule has 1 aromatic rings. The number of nitrogens with zero attached hydrogens (tertiary/aromatic N) is 1. The number of hydrogen-bond donors (Lipinski definition) is 2. The fourth-order valence-electron chi connectivity index (χ4n) is 1.62. The van der Waals surface area contributed by atoms with Crippen molar-refractivity contribution in [1.82, 2.24) is 10.2 Å². The Morgan fingerprint density at radius 1 is 1.37 bits per heavy atom. The Morgan fingerprint density at radius 3 is 2.79 bits per heavy atom. The van der Waals surface area contributed by atoms with Crippen molar-refractivity contribution in [3.8, 4) is 5.75 Å². The predicted molar refractivity (Wildman–Crippen MR) is 78.3 cm³/mol. The Balaban J connectivity index is 2.00. The molecule has 0 spiro atoms. The van der Waals surface area contributed by atoms with Crippen molar-refractivity contribution in [2.45, 2.75) is 12.5 Å². The number of aliphatic hydroxyl groups is 1. The zero-order valence-corrected chi connectivity index (χ0v) is 11.7. The summed E-state index contributed by atoms with van der Waals surface area (Å²) in [5.41, 5.74) is 0. The van der Waals surface area contributed by atoms with Crippen molar-refractivity contribution in [3.63, 3.8) is 0 Å². The molecule has 0 aliphatic heterocycles. The van der Waals surface area contributed by atoms with Gasteiger partial charge in [0.15, 0.2) is 0 Å². The lowest BCUT2D eigenvalue weighted by Gasteiger charge is -2.15. The van der Waals surface area contributed by atoms with Crippen LogP contribution >= 0.6 is 0 Å². The molecule has 1 rings (SSSR count). The van der Waals surface area contributed by atoms with E-state index in [2.05, 4.69) is 24.2 Å². The summed E-state index contributed by atoms with van der Waals surface area (Å²) < 4.78 is 5.47. The molecular weight excluding hydrogens is 240 g/mol. The van der Waals surface area contributed by atoms with E-state index in [9.17, 15) is 5.11 Å². The predicted octanol–water partition coefficient (Wildman–Crippen LogP) is 1.17. The van der Waals surface area contributed by atoms with E-state index < -0.39 is 6.10 Å². The second-order valence-corrected chi connectivity index (χ2v) is 4.64. The molecule has 0 amide bonds. The average molecular weight is 265 g/mol. The zero-order valence-electron chi connectivity index (χ0n) is 11.7. The molecule has 1 atom stereocenters. The Morgan fingerprint density at radius 2 is 2.11 bits per heavy atom. The van der Waals surface area contributed by atoms with Gasteiger partial charge in [0.1, 0.15) is 18.5 Å². The molecule has 0 aliphatic carbocycles. The minimum Gasteiger partial charge on any atom is -0.491 e. The van der Waals surface area contributed by atoms with Crippen molar-refractivity contribution in [2.24, 2.45) is 0 Å². The van der Waals surface area contributed by atoms with Crippen molar-refractivity contribution in [3.05, 3.63) is 37.3 Å². The minimum absolute atomic E-state index is 0.315. The van der Waals surface area contributed by atoms with Gasteiger partial charge >= 0.3 is 0 Å².